The van der Waals surface area contributed by atoms with E-state index in [9.17, 15) is 4.79 Å². The molecule has 27 heavy (non-hydrogen) atoms. The number of hydrogen-bond acceptors (Lipinski definition) is 3. The molecule has 0 unspecified atom stereocenters. The summed E-state index contributed by atoms with van der Waals surface area (Å²) in [6.45, 7) is 3.33. The fourth-order valence-electron chi connectivity index (χ4n) is 3.54. The van der Waals surface area contributed by atoms with Crippen LogP contribution in [-0.2, 0) is 4.84 Å². The molecule has 1 fully saturated rings. The van der Waals surface area contributed by atoms with E-state index in [1.165, 1.54) is 5.56 Å². The minimum Gasteiger partial charge on any atom is -0.388 e. The van der Waals surface area contributed by atoms with E-state index < -0.39 is 0 Å². The predicted octanol–water partition coefficient (Wildman–Crippen LogP) is 4.84. The molecule has 1 N–H and O–H groups in total. The Morgan fingerprint density at radius 3 is 2.44 bits per heavy atom. The quantitative estimate of drug-likeness (QED) is 0.806. The molecule has 5 nitrogen and oxygen atoms in total. The maximum Gasteiger partial charge on any atom is 0.321 e. The number of likely N-dealkylation sites (tertiary alicyclic amines) is 1. The maximum atomic E-state index is 12.5. The van der Waals surface area contributed by atoms with Gasteiger partial charge in [-0.05, 0) is 36.8 Å². The van der Waals surface area contributed by atoms with Crippen LogP contribution in [0.4, 0.5) is 10.5 Å². The molecular formula is C21H22ClN3O2. The molecule has 0 atom stereocenters. The van der Waals surface area contributed by atoms with Crippen molar-refractivity contribution in [3.8, 4) is 0 Å². The largest absolute Gasteiger partial charge is 0.388 e. The van der Waals surface area contributed by atoms with Crippen LogP contribution in [0, 0.1) is 6.92 Å². The number of benzene rings is 2. The summed E-state index contributed by atoms with van der Waals surface area (Å²) in [4.78, 5) is 20.2. The molecule has 4 rings (SSSR count). The summed E-state index contributed by atoms with van der Waals surface area (Å²) in [5, 5.41) is 7.98. The lowest BCUT2D eigenvalue weighted by Crippen LogP contribution is -2.48. The number of carbonyl (C=O) groups excluding carboxylic acids is 1. The lowest BCUT2D eigenvalue weighted by Gasteiger charge is -2.37. The van der Waals surface area contributed by atoms with Gasteiger partial charge in [-0.15, -0.1) is 0 Å². The summed E-state index contributed by atoms with van der Waals surface area (Å²) < 4.78 is 0. The highest BCUT2D eigenvalue weighted by Crippen LogP contribution is 2.36. The molecule has 0 aliphatic carbocycles. The van der Waals surface area contributed by atoms with Crippen molar-refractivity contribution in [1.82, 2.24) is 4.90 Å². The lowest BCUT2D eigenvalue weighted by molar-refractivity contribution is -0.0544. The maximum absolute atomic E-state index is 12.5. The van der Waals surface area contributed by atoms with Crippen molar-refractivity contribution in [3.05, 3.63) is 64.7 Å². The van der Waals surface area contributed by atoms with E-state index in [1.54, 1.807) is 0 Å². The molecule has 140 valence electrons. The molecule has 2 aromatic rings. The van der Waals surface area contributed by atoms with E-state index >= 15 is 0 Å². The smallest absolute Gasteiger partial charge is 0.321 e. The van der Waals surface area contributed by atoms with E-state index in [0.29, 0.717) is 18.1 Å². The minimum absolute atomic E-state index is 0.0643. The second-order valence-corrected chi connectivity index (χ2v) is 7.72. The van der Waals surface area contributed by atoms with Crippen molar-refractivity contribution in [1.29, 1.82) is 0 Å². The highest BCUT2D eigenvalue weighted by Gasteiger charge is 2.43. The Hall–Kier alpha value is -2.53. The highest BCUT2D eigenvalue weighted by molar-refractivity contribution is 6.30. The van der Waals surface area contributed by atoms with Gasteiger partial charge in [-0.1, -0.05) is 46.6 Å². The molecule has 2 aromatic carbocycles. The molecule has 0 bridgehead atoms. The van der Waals surface area contributed by atoms with Crippen molar-refractivity contribution in [2.24, 2.45) is 5.16 Å². The third kappa shape index (κ3) is 3.93. The minimum atomic E-state index is -0.296. The zero-order chi connectivity index (χ0) is 18.9. The van der Waals surface area contributed by atoms with Crippen LogP contribution in [0.2, 0.25) is 5.02 Å². The van der Waals surface area contributed by atoms with Crippen LogP contribution in [0.3, 0.4) is 0 Å². The fraction of sp³-hybridized carbons (Fsp3) is 0.333. The van der Waals surface area contributed by atoms with Crippen molar-refractivity contribution in [2.75, 3.05) is 18.4 Å². The van der Waals surface area contributed by atoms with Crippen molar-refractivity contribution < 1.29 is 9.63 Å². The Bertz CT molecular complexity index is 854. The van der Waals surface area contributed by atoms with Crippen LogP contribution in [0.25, 0.3) is 0 Å². The first-order valence-electron chi connectivity index (χ1n) is 9.17. The van der Waals surface area contributed by atoms with Crippen molar-refractivity contribution in [3.63, 3.8) is 0 Å². The van der Waals surface area contributed by atoms with Gasteiger partial charge in [0.2, 0.25) is 0 Å². The van der Waals surface area contributed by atoms with Gasteiger partial charge in [0.1, 0.15) is 5.60 Å². The molecule has 6 heteroatoms. The third-order valence-electron chi connectivity index (χ3n) is 5.28. The number of carbonyl (C=O) groups is 1. The molecule has 1 saturated heterocycles. The van der Waals surface area contributed by atoms with Gasteiger partial charge in [-0.3, -0.25) is 0 Å². The summed E-state index contributed by atoms with van der Waals surface area (Å²) in [5.41, 5.74) is 3.68. The average molecular weight is 384 g/mol. The number of nitrogens with zero attached hydrogens (tertiary/aromatic N) is 2. The Morgan fingerprint density at radius 2 is 1.78 bits per heavy atom. The van der Waals surface area contributed by atoms with E-state index in [4.69, 9.17) is 16.4 Å². The van der Waals surface area contributed by atoms with Crippen LogP contribution >= 0.6 is 11.6 Å². The normalized spacial score (nSPS) is 18.1. The van der Waals surface area contributed by atoms with Gasteiger partial charge in [-0.25, -0.2) is 4.79 Å². The topological polar surface area (TPSA) is 53.9 Å². The number of amides is 2. The number of hydrogen-bond donors (Lipinski definition) is 1. The number of oxime groups is 1. The van der Waals surface area contributed by atoms with Crippen LogP contribution < -0.4 is 5.32 Å². The molecule has 2 aliphatic heterocycles. The predicted molar refractivity (Wildman–Crippen MR) is 107 cm³/mol. The molecule has 0 saturated carbocycles. The van der Waals surface area contributed by atoms with Gasteiger partial charge in [0.05, 0.1) is 5.71 Å². The molecule has 2 amide bonds. The summed E-state index contributed by atoms with van der Waals surface area (Å²) in [7, 11) is 0. The number of halogens is 1. The zero-order valence-corrected chi connectivity index (χ0v) is 16.0. The Kier molecular flexibility index (Phi) is 4.79. The van der Waals surface area contributed by atoms with Gasteiger partial charge < -0.3 is 15.1 Å². The number of rotatable bonds is 2. The summed E-state index contributed by atoms with van der Waals surface area (Å²) in [6.07, 6.45) is 2.31. The van der Waals surface area contributed by atoms with Crippen molar-refractivity contribution >= 4 is 29.0 Å². The Morgan fingerprint density at radius 1 is 1.11 bits per heavy atom. The third-order valence-corrected chi connectivity index (χ3v) is 5.53. The van der Waals surface area contributed by atoms with E-state index in [1.807, 2.05) is 60.4 Å². The first-order valence-corrected chi connectivity index (χ1v) is 9.54. The van der Waals surface area contributed by atoms with Crippen LogP contribution in [0.1, 0.15) is 30.4 Å². The summed E-state index contributed by atoms with van der Waals surface area (Å²) in [5.74, 6) is 0. The highest BCUT2D eigenvalue weighted by atomic mass is 35.5. The van der Waals surface area contributed by atoms with Crippen LogP contribution in [-0.4, -0.2) is 35.3 Å². The molecule has 2 heterocycles. The monoisotopic (exact) mass is 383 g/mol. The fourth-order valence-corrected chi connectivity index (χ4v) is 3.67. The van der Waals surface area contributed by atoms with Crippen molar-refractivity contribution in [2.45, 2.75) is 31.8 Å². The first-order chi connectivity index (χ1) is 13.0. The van der Waals surface area contributed by atoms with E-state index in [2.05, 4.69) is 10.5 Å². The standard InChI is InChI=1S/C21H22ClN3O2/c1-15-2-8-18(9-3-15)23-20(26)25-12-10-21(11-13-25)14-19(24-27-21)16-4-6-17(22)7-5-16/h2-9H,10-14H2,1H3,(H,23,26). The number of anilines is 1. The second-order valence-electron chi connectivity index (χ2n) is 7.28. The SMILES string of the molecule is Cc1ccc(NC(=O)N2CCC3(CC2)CC(c2ccc(Cl)cc2)=NO3)cc1. The number of nitrogens with one attached hydrogen (secondary N) is 1. The Balaban J connectivity index is 1.33. The number of urea groups is 1. The van der Waals surface area contributed by atoms with Gasteiger partial charge in [0, 0.05) is 43.1 Å². The van der Waals surface area contributed by atoms with Gasteiger partial charge in [0.15, 0.2) is 0 Å². The van der Waals surface area contributed by atoms with Gasteiger partial charge in [0.25, 0.3) is 0 Å². The van der Waals surface area contributed by atoms with E-state index in [-0.39, 0.29) is 11.6 Å². The number of aryl methyl sites for hydroxylation is 1. The molecule has 0 radical (unpaired) electrons. The zero-order valence-electron chi connectivity index (χ0n) is 15.2. The van der Waals surface area contributed by atoms with Crippen LogP contribution in [0.5, 0.6) is 0 Å². The molecular weight excluding hydrogens is 362 g/mol. The molecule has 2 aliphatic rings. The van der Waals surface area contributed by atoms with Gasteiger partial charge >= 0.3 is 6.03 Å². The Labute approximate surface area is 163 Å². The molecule has 0 aromatic heterocycles. The van der Waals surface area contributed by atoms with Gasteiger partial charge in [-0.2, -0.15) is 0 Å². The van der Waals surface area contributed by atoms with Crippen LogP contribution in [0.15, 0.2) is 53.7 Å². The van der Waals surface area contributed by atoms with E-state index in [0.717, 1.165) is 36.2 Å². The lowest BCUT2D eigenvalue weighted by atomic mass is 9.85. The first kappa shape index (κ1) is 17.9. The summed E-state index contributed by atoms with van der Waals surface area (Å²) in [6, 6.07) is 15.4. The summed E-state index contributed by atoms with van der Waals surface area (Å²) >= 11 is 5.96. The average Bonchev–Trinajstić information content (AvgIpc) is 3.08. The number of piperidine rings is 1. The molecule has 1 spiro atoms. The second kappa shape index (κ2) is 7.24.